The van der Waals surface area contributed by atoms with Gasteiger partial charge in [-0.25, -0.2) is 0 Å². The van der Waals surface area contributed by atoms with Crippen LogP contribution in [0.2, 0.25) is 0 Å². The van der Waals surface area contributed by atoms with Crippen molar-refractivity contribution in [2.75, 3.05) is 13.2 Å². The van der Waals surface area contributed by atoms with Crippen LogP contribution in [0.15, 0.2) is 76.0 Å². The van der Waals surface area contributed by atoms with Gasteiger partial charge in [0.1, 0.15) is 88.9 Å². The Morgan fingerprint density at radius 2 is 1.34 bits per heavy atom. The van der Waals surface area contributed by atoms with Crippen molar-refractivity contribution in [2.24, 2.45) is 5.92 Å². The number of hydrogen-bond donors (Lipinski definition) is 12. The molecule has 0 aliphatic carbocycles. The minimum absolute atomic E-state index is 0.00804. The molecule has 64 heavy (non-hydrogen) atoms. The van der Waals surface area contributed by atoms with E-state index in [1.807, 2.05) is 0 Å². The summed E-state index contributed by atoms with van der Waals surface area (Å²) in [7, 11) is 0. The summed E-state index contributed by atoms with van der Waals surface area (Å²) in [5.74, 6) is -4.26. The van der Waals surface area contributed by atoms with Gasteiger partial charge in [-0.2, -0.15) is 0 Å². The van der Waals surface area contributed by atoms with E-state index in [0.29, 0.717) is 5.56 Å². The zero-order chi connectivity index (χ0) is 46.1. The maximum absolute atomic E-state index is 14.2. The second kappa shape index (κ2) is 19.5. The van der Waals surface area contributed by atoms with Gasteiger partial charge in [0.25, 0.3) is 0 Å². The van der Waals surface area contributed by atoms with Gasteiger partial charge in [-0.15, -0.1) is 0 Å². The van der Waals surface area contributed by atoms with E-state index in [-0.39, 0.29) is 28.4 Å². The molecule has 21 nitrogen and oxygen atoms in total. The standard InChI is InChI=1S/C43H48O21/c1-17-30(50)39(63-43-36(56)35(55)32(52)27(15-44)61-43)37(57)42(59-17)58-16-28-33(53)31(51)24(12-22(47)9-4-18-2-7-20(45)8-3-18)41(62-28)64-40-34(54)29-25(49)13-23(48)14-26(29)60-38(40)19-5-10-21(46)11-6-19/h2-11,13-14,17,24,27-28,30-33,35-37,39,41-46,48-53,55-57H,12,15-16H2,1H3/b9-4+. The molecule has 0 amide bonds. The molecule has 346 valence electrons. The van der Waals surface area contributed by atoms with Crippen LogP contribution >= 0.6 is 0 Å². The van der Waals surface area contributed by atoms with Gasteiger partial charge in [0.15, 0.2) is 24.1 Å². The zero-order valence-corrected chi connectivity index (χ0v) is 33.8. The molecule has 1 aromatic heterocycles. The normalized spacial score (nSPS) is 33.4. The summed E-state index contributed by atoms with van der Waals surface area (Å²) in [6.45, 7) is -0.115. The lowest BCUT2D eigenvalue weighted by Crippen LogP contribution is -2.64. The van der Waals surface area contributed by atoms with Gasteiger partial charge in [0.05, 0.1) is 31.3 Å². The second-order valence-electron chi connectivity index (χ2n) is 15.7. The second-order valence-corrected chi connectivity index (χ2v) is 15.7. The fourth-order valence-electron chi connectivity index (χ4n) is 7.65. The number of benzene rings is 3. The molecule has 0 bridgehead atoms. The predicted molar refractivity (Wildman–Crippen MR) is 215 cm³/mol. The van der Waals surface area contributed by atoms with Crippen molar-refractivity contribution >= 4 is 22.8 Å². The smallest absolute Gasteiger partial charge is 0.239 e. The number of phenols is 4. The molecule has 15 atom stereocenters. The van der Waals surface area contributed by atoms with Gasteiger partial charge in [-0.3, -0.25) is 9.59 Å². The number of allylic oxidation sites excluding steroid dienone is 1. The summed E-state index contributed by atoms with van der Waals surface area (Å²) < 4.78 is 40.8. The first-order valence-corrected chi connectivity index (χ1v) is 20.0. The van der Waals surface area contributed by atoms with E-state index < -0.39 is 145 Å². The number of phenolic OH excluding ortho intramolecular Hbond substituents is 4. The molecule has 3 aliphatic heterocycles. The van der Waals surface area contributed by atoms with Crippen LogP contribution in [-0.2, 0) is 28.5 Å². The molecular formula is C43H48O21. The highest BCUT2D eigenvalue weighted by molar-refractivity contribution is 5.94. The van der Waals surface area contributed by atoms with Gasteiger partial charge in [-0.05, 0) is 55.0 Å². The van der Waals surface area contributed by atoms with Crippen LogP contribution in [0.3, 0.4) is 0 Å². The third kappa shape index (κ3) is 9.72. The van der Waals surface area contributed by atoms with E-state index in [0.717, 1.165) is 12.1 Å². The molecule has 0 radical (unpaired) electrons. The number of carbonyl (C=O) groups is 1. The highest BCUT2D eigenvalue weighted by Crippen LogP contribution is 2.39. The number of aromatic hydroxyl groups is 4. The molecular weight excluding hydrogens is 852 g/mol. The molecule has 12 N–H and O–H groups in total. The van der Waals surface area contributed by atoms with Gasteiger partial charge in [-0.1, -0.05) is 18.2 Å². The first kappa shape index (κ1) is 46.7. The Hall–Kier alpha value is -5.24. The van der Waals surface area contributed by atoms with E-state index in [9.17, 15) is 70.9 Å². The maximum Gasteiger partial charge on any atom is 0.239 e. The number of ether oxygens (including phenoxy) is 6. The van der Waals surface area contributed by atoms with Crippen molar-refractivity contribution in [3.8, 4) is 40.1 Å². The van der Waals surface area contributed by atoms with Crippen molar-refractivity contribution in [2.45, 2.75) is 99.4 Å². The molecule has 3 saturated heterocycles. The van der Waals surface area contributed by atoms with E-state index >= 15 is 0 Å². The van der Waals surface area contributed by atoms with Crippen molar-refractivity contribution in [3.05, 3.63) is 82.5 Å². The maximum atomic E-state index is 14.2. The monoisotopic (exact) mass is 900 g/mol. The Bertz CT molecular complexity index is 2330. The van der Waals surface area contributed by atoms with Crippen LogP contribution in [0.5, 0.6) is 28.7 Å². The molecule has 4 aromatic rings. The van der Waals surface area contributed by atoms with Gasteiger partial charge < -0.3 is 94.1 Å². The fourth-order valence-corrected chi connectivity index (χ4v) is 7.65. The molecule has 0 spiro atoms. The van der Waals surface area contributed by atoms with Gasteiger partial charge in [0.2, 0.25) is 17.5 Å². The lowest BCUT2D eigenvalue weighted by Gasteiger charge is -2.46. The van der Waals surface area contributed by atoms with Crippen LogP contribution in [0, 0.1) is 5.92 Å². The average molecular weight is 901 g/mol. The zero-order valence-electron chi connectivity index (χ0n) is 33.8. The molecule has 7 rings (SSSR count). The van der Waals surface area contributed by atoms with Crippen LogP contribution in [0.4, 0.5) is 0 Å². The quantitative estimate of drug-likeness (QED) is 0.0721. The summed E-state index contributed by atoms with van der Waals surface area (Å²) in [4.78, 5) is 27.7. The van der Waals surface area contributed by atoms with Crippen molar-refractivity contribution in [3.63, 3.8) is 0 Å². The lowest BCUT2D eigenvalue weighted by atomic mass is 9.87. The number of fused-ring (bicyclic) bond motifs is 1. The molecule has 21 heteroatoms. The summed E-state index contributed by atoms with van der Waals surface area (Å²) >= 11 is 0. The first-order valence-electron chi connectivity index (χ1n) is 20.0. The summed E-state index contributed by atoms with van der Waals surface area (Å²) in [5.41, 5.74) is -0.581. The highest BCUT2D eigenvalue weighted by Gasteiger charge is 2.52. The minimum Gasteiger partial charge on any atom is -0.508 e. The predicted octanol–water partition coefficient (Wildman–Crippen LogP) is -0.935. The summed E-state index contributed by atoms with van der Waals surface area (Å²) in [6.07, 6.45) is -21.6. The molecule has 3 aliphatic rings. The molecule has 4 heterocycles. The Kier molecular flexibility index (Phi) is 14.2. The topological polar surface area (TPSA) is 345 Å². The number of hydrogen-bond acceptors (Lipinski definition) is 21. The molecule has 0 saturated carbocycles. The third-order valence-corrected chi connectivity index (χ3v) is 11.2. The molecule has 3 aromatic carbocycles. The number of aliphatic hydroxyl groups excluding tert-OH is 8. The van der Waals surface area contributed by atoms with Crippen LogP contribution < -0.4 is 10.2 Å². The Morgan fingerprint density at radius 1 is 0.703 bits per heavy atom. The summed E-state index contributed by atoms with van der Waals surface area (Å²) in [5, 5.41) is 126. The number of ketones is 1. The van der Waals surface area contributed by atoms with Gasteiger partial charge >= 0.3 is 0 Å². The fraction of sp³-hybridized carbons (Fsp3) is 0.442. The molecule has 15 unspecified atom stereocenters. The van der Waals surface area contributed by atoms with Crippen LogP contribution in [0.1, 0.15) is 18.9 Å². The van der Waals surface area contributed by atoms with E-state index in [4.69, 9.17) is 32.8 Å². The number of rotatable bonds is 13. The number of carbonyl (C=O) groups excluding carboxylic acids is 1. The Labute approximate surface area is 362 Å². The highest BCUT2D eigenvalue weighted by atomic mass is 16.7. The van der Waals surface area contributed by atoms with Crippen LogP contribution in [0.25, 0.3) is 28.4 Å². The number of aliphatic hydroxyl groups is 8. The van der Waals surface area contributed by atoms with Crippen LogP contribution in [-0.4, -0.2) is 166 Å². The van der Waals surface area contributed by atoms with Crippen molar-refractivity contribution in [1.29, 1.82) is 0 Å². The van der Waals surface area contributed by atoms with E-state index in [2.05, 4.69) is 0 Å². The van der Waals surface area contributed by atoms with Gasteiger partial charge in [0, 0.05) is 24.1 Å². The third-order valence-electron chi connectivity index (χ3n) is 11.2. The van der Waals surface area contributed by atoms with Crippen molar-refractivity contribution in [1.82, 2.24) is 0 Å². The molecule has 3 fully saturated rings. The Morgan fingerprint density at radius 3 is 2.02 bits per heavy atom. The van der Waals surface area contributed by atoms with E-state index in [1.54, 1.807) is 0 Å². The van der Waals surface area contributed by atoms with Crippen molar-refractivity contribution < 1.29 is 98.9 Å². The minimum atomic E-state index is -1.89. The Balaban J connectivity index is 1.18. The lowest BCUT2D eigenvalue weighted by molar-refractivity contribution is -0.361. The SMILES string of the molecule is CC1OC(OCC2OC(Oc3c(-c4ccc(O)cc4)oc4cc(O)cc(O)c4c3=O)C(CC(=O)/C=C/c3ccc(O)cc3)C(O)C2O)C(O)C(OC2OC(CO)C(O)C(O)C2O)C1O. The average Bonchev–Trinajstić information content (AvgIpc) is 3.26. The first-order chi connectivity index (χ1) is 30.4. The summed E-state index contributed by atoms with van der Waals surface area (Å²) in [6, 6.07) is 13.1. The largest absolute Gasteiger partial charge is 0.508 e. The van der Waals surface area contributed by atoms with E-state index in [1.165, 1.54) is 67.6 Å².